The zero-order chi connectivity index (χ0) is 13.1. The molecule has 2 aromatic rings. The summed E-state index contributed by atoms with van der Waals surface area (Å²) in [4.78, 5) is 13.7. The van der Waals surface area contributed by atoms with Gasteiger partial charge in [-0.15, -0.1) is 0 Å². The number of aromatic nitrogens is 2. The number of amides is 1. The van der Waals surface area contributed by atoms with Crippen LogP contribution in [0, 0.1) is 5.82 Å². The molecule has 0 unspecified atom stereocenters. The summed E-state index contributed by atoms with van der Waals surface area (Å²) in [5.41, 5.74) is 6.38. The van der Waals surface area contributed by atoms with Gasteiger partial charge >= 0.3 is 0 Å². The van der Waals surface area contributed by atoms with E-state index < -0.39 is 0 Å². The quantitative estimate of drug-likeness (QED) is 0.869. The average molecular weight is 248 g/mol. The smallest absolute Gasteiger partial charge is 0.276 e. The third-order valence-corrected chi connectivity index (χ3v) is 2.53. The van der Waals surface area contributed by atoms with Crippen LogP contribution in [-0.2, 0) is 0 Å². The minimum Gasteiger partial charge on any atom is -0.382 e. The van der Waals surface area contributed by atoms with E-state index in [2.05, 4.69) is 10.2 Å². The number of benzene rings is 1. The molecule has 0 aliphatic rings. The van der Waals surface area contributed by atoms with Gasteiger partial charge in [-0.05, 0) is 31.2 Å². The maximum atomic E-state index is 12.8. The van der Waals surface area contributed by atoms with Gasteiger partial charge in [0.25, 0.3) is 5.91 Å². The number of H-pyrrole nitrogens is 1. The highest BCUT2D eigenvalue weighted by Gasteiger charge is 2.17. The third kappa shape index (κ3) is 2.32. The van der Waals surface area contributed by atoms with Crippen LogP contribution in [0.25, 0.3) is 0 Å². The van der Waals surface area contributed by atoms with Gasteiger partial charge in [-0.2, -0.15) is 5.10 Å². The molecule has 1 aromatic carbocycles. The largest absolute Gasteiger partial charge is 0.382 e. The summed E-state index contributed by atoms with van der Waals surface area (Å²) in [5, 5.41) is 6.27. The van der Waals surface area contributed by atoms with Crippen LogP contribution in [0.4, 0.5) is 15.9 Å². The second kappa shape index (κ2) is 4.87. The number of nitrogens with zero attached hydrogens (tertiary/aromatic N) is 2. The first-order valence-corrected chi connectivity index (χ1v) is 5.50. The van der Waals surface area contributed by atoms with Gasteiger partial charge < -0.3 is 10.6 Å². The normalized spacial score (nSPS) is 10.3. The molecule has 3 N–H and O–H groups in total. The molecule has 18 heavy (non-hydrogen) atoms. The maximum absolute atomic E-state index is 12.8. The Balaban J connectivity index is 2.28. The molecule has 0 saturated carbocycles. The third-order valence-electron chi connectivity index (χ3n) is 2.53. The molecule has 0 aliphatic heterocycles. The van der Waals surface area contributed by atoms with Crippen molar-refractivity contribution >= 4 is 17.4 Å². The lowest BCUT2D eigenvalue weighted by Gasteiger charge is -2.20. The number of hydrogen-bond donors (Lipinski definition) is 2. The van der Waals surface area contributed by atoms with Gasteiger partial charge in [-0.25, -0.2) is 4.39 Å². The van der Waals surface area contributed by atoms with Crippen LogP contribution < -0.4 is 10.6 Å². The molecule has 2 rings (SSSR count). The van der Waals surface area contributed by atoms with Crippen molar-refractivity contribution < 1.29 is 9.18 Å². The van der Waals surface area contributed by atoms with Gasteiger partial charge in [-0.3, -0.25) is 9.89 Å². The summed E-state index contributed by atoms with van der Waals surface area (Å²) >= 11 is 0. The van der Waals surface area contributed by atoms with E-state index in [4.69, 9.17) is 5.73 Å². The first-order valence-electron chi connectivity index (χ1n) is 5.50. The van der Waals surface area contributed by atoms with Crippen LogP contribution in [0.3, 0.4) is 0 Å². The standard InChI is InChI=1S/C12H13FN4O/c1-2-17(9-5-3-8(13)4-6-9)12(18)10-7-11(14)16-15-10/h3-7H,2H2,1H3,(H3,14,15,16). The topological polar surface area (TPSA) is 75.0 Å². The summed E-state index contributed by atoms with van der Waals surface area (Å²) in [5.74, 6) is -0.338. The van der Waals surface area contributed by atoms with Crippen LogP contribution >= 0.6 is 0 Å². The first-order chi connectivity index (χ1) is 8.61. The number of nitrogen functional groups attached to an aromatic ring is 1. The van der Waals surface area contributed by atoms with Crippen LogP contribution in [0.5, 0.6) is 0 Å². The number of hydrogen-bond acceptors (Lipinski definition) is 3. The van der Waals surface area contributed by atoms with E-state index in [1.165, 1.54) is 23.1 Å². The zero-order valence-corrected chi connectivity index (χ0v) is 9.85. The van der Waals surface area contributed by atoms with Crippen molar-refractivity contribution in [2.24, 2.45) is 0 Å². The van der Waals surface area contributed by atoms with E-state index in [1.807, 2.05) is 6.92 Å². The van der Waals surface area contributed by atoms with Crippen molar-refractivity contribution in [2.75, 3.05) is 17.2 Å². The fraction of sp³-hybridized carbons (Fsp3) is 0.167. The molecule has 1 aromatic heterocycles. The Morgan fingerprint density at radius 2 is 2.11 bits per heavy atom. The van der Waals surface area contributed by atoms with Gasteiger partial charge in [-0.1, -0.05) is 0 Å². The number of anilines is 2. The second-order valence-corrected chi connectivity index (χ2v) is 3.73. The molecule has 0 fully saturated rings. The van der Waals surface area contributed by atoms with Crippen molar-refractivity contribution in [3.63, 3.8) is 0 Å². The molecule has 0 saturated heterocycles. The molecule has 0 spiro atoms. The van der Waals surface area contributed by atoms with Crippen molar-refractivity contribution in [3.8, 4) is 0 Å². The first kappa shape index (κ1) is 12.1. The number of aromatic amines is 1. The lowest BCUT2D eigenvalue weighted by atomic mass is 10.2. The highest BCUT2D eigenvalue weighted by molar-refractivity contribution is 6.05. The fourth-order valence-electron chi connectivity index (χ4n) is 1.66. The summed E-state index contributed by atoms with van der Waals surface area (Å²) < 4.78 is 12.8. The number of carbonyl (C=O) groups excluding carboxylic acids is 1. The molecular weight excluding hydrogens is 235 g/mol. The zero-order valence-electron chi connectivity index (χ0n) is 9.85. The number of carbonyl (C=O) groups is 1. The Kier molecular flexibility index (Phi) is 3.27. The predicted molar refractivity (Wildman–Crippen MR) is 66.8 cm³/mol. The molecule has 1 amide bonds. The molecule has 94 valence electrons. The van der Waals surface area contributed by atoms with E-state index in [0.29, 0.717) is 17.9 Å². The molecular formula is C12H13FN4O. The monoisotopic (exact) mass is 248 g/mol. The van der Waals surface area contributed by atoms with Crippen molar-refractivity contribution in [1.29, 1.82) is 0 Å². The Bertz CT molecular complexity index is 549. The van der Waals surface area contributed by atoms with Crippen molar-refractivity contribution in [3.05, 3.63) is 41.8 Å². The average Bonchev–Trinajstić information content (AvgIpc) is 2.79. The minimum atomic E-state index is -0.340. The van der Waals surface area contributed by atoms with Crippen molar-refractivity contribution in [2.45, 2.75) is 6.92 Å². The Hall–Kier alpha value is -2.37. The van der Waals surface area contributed by atoms with Gasteiger partial charge in [0.2, 0.25) is 0 Å². The Morgan fingerprint density at radius 1 is 1.44 bits per heavy atom. The van der Waals surface area contributed by atoms with E-state index >= 15 is 0 Å². The number of halogens is 1. The molecule has 0 atom stereocenters. The van der Waals surface area contributed by atoms with Crippen LogP contribution in [0.1, 0.15) is 17.4 Å². The van der Waals surface area contributed by atoms with Crippen LogP contribution in [0.2, 0.25) is 0 Å². The lowest BCUT2D eigenvalue weighted by Crippen LogP contribution is -2.30. The Morgan fingerprint density at radius 3 is 2.61 bits per heavy atom. The lowest BCUT2D eigenvalue weighted by molar-refractivity contribution is 0.0983. The summed E-state index contributed by atoms with van der Waals surface area (Å²) in [6.45, 7) is 2.30. The van der Waals surface area contributed by atoms with Gasteiger partial charge in [0.1, 0.15) is 17.3 Å². The molecule has 0 bridgehead atoms. The number of nitrogens with two attached hydrogens (primary N) is 1. The number of nitrogens with one attached hydrogen (secondary N) is 1. The minimum absolute atomic E-state index is 0.256. The van der Waals surface area contributed by atoms with Crippen molar-refractivity contribution in [1.82, 2.24) is 10.2 Å². The second-order valence-electron chi connectivity index (χ2n) is 3.73. The fourth-order valence-corrected chi connectivity index (χ4v) is 1.66. The van der Waals surface area contributed by atoms with E-state index in [9.17, 15) is 9.18 Å². The summed E-state index contributed by atoms with van der Waals surface area (Å²) in [6.07, 6.45) is 0. The van der Waals surface area contributed by atoms with E-state index in [1.54, 1.807) is 12.1 Å². The molecule has 5 nitrogen and oxygen atoms in total. The molecule has 0 aliphatic carbocycles. The highest BCUT2D eigenvalue weighted by Crippen LogP contribution is 2.17. The summed E-state index contributed by atoms with van der Waals surface area (Å²) in [6, 6.07) is 7.20. The van der Waals surface area contributed by atoms with Gasteiger partial charge in [0.05, 0.1) is 0 Å². The van der Waals surface area contributed by atoms with Gasteiger partial charge in [0, 0.05) is 18.3 Å². The van der Waals surface area contributed by atoms with Crippen LogP contribution in [-0.4, -0.2) is 22.6 Å². The van der Waals surface area contributed by atoms with Gasteiger partial charge in [0.15, 0.2) is 0 Å². The van der Waals surface area contributed by atoms with E-state index in [0.717, 1.165) is 0 Å². The predicted octanol–water partition coefficient (Wildman–Crippen LogP) is 1.80. The highest BCUT2D eigenvalue weighted by atomic mass is 19.1. The SMILES string of the molecule is CCN(C(=O)c1cc(N)n[nH]1)c1ccc(F)cc1. The molecule has 0 radical (unpaired) electrons. The number of rotatable bonds is 3. The summed E-state index contributed by atoms with van der Waals surface area (Å²) in [7, 11) is 0. The molecule has 1 heterocycles. The maximum Gasteiger partial charge on any atom is 0.276 e. The van der Waals surface area contributed by atoms with E-state index in [-0.39, 0.29) is 17.5 Å². The molecule has 6 heteroatoms. The Labute approximate surface area is 103 Å². The van der Waals surface area contributed by atoms with Crippen LogP contribution in [0.15, 0.2) is 30.3 Å².